The first-order valence-electron chi connectivity index (χ1n) is 8.79. The molecule has 0 aliphatic carbocycles. The maximum atomic E-state index is 13.5. The van der Waals surface area contributed by atoms with Crippen LogP contribution in [0.25, 0.3) is 11.0 Å². The van der Waals surface area contributed by atoms with Crippen LogP contribution >= 0.6 is 0 Å². The number of carbonyl (C=O) groups excluding carboxylic acids is 1. The van der Waals surface area contributed by atoms with Crippen molar-refractivity contribution in [3.05, 3.63) is 69.9 Å². The number of carbonyl (C=O) groups is 2. The molecule has 0 aliphatic rings. The third-order valence-corrected chi connectivity index (χ3v) is 4.61. The SMILES string of the molecule is CCn1c(=O)n(CC(=O)NC(C(=O)O)c2ccc(F)c(C)c2)c2ccccc21. The van der Waals surface area contributed by atoms with E-state index in [0.717, 1.165) is 6.07 Å². The van der Waals surface area contributed by atoms with Gasteiger partial charge in [-0.15, -0.1) is 0 Å². The maximum absolute atomic E-state index is 13.5. The number of amides is 1. The van der Waals surface area contributed by atoms with E-state index in [1.165, 1.54) is 23.6 Å². The fraction of sp³-hybridized carbons (Fsp3) is 0.250. The van der Waals surface area contributed by atoms with Gasteiger partial charge in [-0.05, 0) is 43.2 Å². The summed E-state index contributed by atoms with van der Waals surface area (Å²) in [4.78, 5) is 36.8. The standard InChI is InChI=1S/C20H20FN3O4/c1-3-23-15-6-4-5-7-16(15)24(20(23)28)11-17(25)22-18(19(26)27)13-8-9-14(21)12(2)10-13/h4-10,18H,3,11H2,1-2H3,(H,22,25)(H,26,27). The number of carboxylic acids is 1. The van der Waals surface area contributed by atoms with E-state index < -0.39 is 23.7 Å². The minimum absolute atomic E-state index is 0.253. The molecular weight excluding hydrogens is 365 g/mol. The van der Waals surface area contributed by atoms with E-state index in [1.54, 1.807) is 28.8 Å². The minimum atomic E-state index is -1.35. The summed E-state index contributed by atoms with van der Waals surface area (Å²) in [6.45, 7) is 3.46. The van der Waals surface area contributed by atoms with Gasteiger partial charge in [-0.25, -0.2) is 14.0 Å². The predicted molar refractivity (Wildman–Crippen MR) is 102 cm³/mol. The molecule has 3 aromatic rings. The zero-order chi connectivity index (χ0) is 20.4. The Morgan fingerprint density at radius 2 is 1.79 bits per heavy atom. The van der Waals surface area contributed by atoms with Gasteiger partial charge >= 0.3 is 11.7 Å². The Bertz CT molecular complexity index is 1120. The molecule has 1 amide bonds. The number of benzene rings is 2. The Labute approximate surface area is 160 Å². The van der Waals surface area contributed by atoms with Gasteiger partial charge < -0.3 is 10.4 Å². The smallest absolute Gasteiger partial charge is 0.330 e. The van der Waals surface area contributed by atoms with Crippen LogP contribution in [0.3, 0.4) is 0 Å². The fourth-order valence-corrected chi connectivity index (χ4v) is 3.22. The number of fused-ring (bicyclic) bond motifs is 1. The van der Waals surface area contributed by atoms with E-state index in [-0.39, 0.29) is 23.4 Å². The molecule has 2 N–H and O–H groups in total. The highest BCUT2D eigenvalue weighted by Crippen LogP contribution is 2.18. The van der Waals surface area contributed by atoms with Crippen molar-refractivity contribution < 1.29 is 19.1 Å². The zero-order valence-electron chi connectivity index (χ0n) is 15.5. The van der Waals surface area contributed by atoms with E-state index in [2.05, 4.69) is 5.32 Å². The molecule has 1 unspecified atom stereocenters. The van der Waals surface area contributed by atoms with Crippen LogP contribution in [0.5, 0.6) is 0 Å². The lowest BCUT2D eigenvalue weighted by Gasteiger charge is -2.16. The number of aliphatic carboxylic acids is 1. The lowest BCUT2D eigenvalue weighted by atomic mass is 10.0. The molecule has 0 saturated carbocycles. The number of nitrogens with one attached hydrogen (secondary N) is 1. The summed E-state index contributed by atoms with van der Waals surface area (Å²) in [5, 5.41) is 11.9. The minimum Gasteiger partial charge on any atom is -0.479 e. The van der Waals surface area contributed by atoms with E-state index in [0.29, 0.717) is 17.6 Å². The molecule has 0 bridgehead atoms. The highest BCUT2D eigenvalue weighted by molar-refractivity contribution is 5.86. The molecule has 7 nitrogen and oxygen atoms in total. The van der Waals surface area contributed by atoms with Gasteiger partial charge in [0.1, 0.15) is 12.4 Å². The molecule has 1 atom stereocenters. The van der Waals surface area contributed by atoms with E-state index in [4.69, 9.17) is 0 Å². The topological polar surface area (TPSA) is 93.3 Å². The van der Waals surface area contributed by atoms with Gasteiger partial charge in [-0.1, -0.05) is 24.3 Å². The summed E-state index contributed by atoms with van der Waals surface area (Å²) >= 11 is 0. The first-order valence-corrected chi connectivity index (χ1v) is 8.79. The molecule has 0 spiro atoms. The van der Waals surface area contributed by atoms with Gasteiger partial charge in [0, 0.05) is 6.54 Å². The van der Waals surface area contributed by atoms with Gasteiger partial charge in [0.15, 0.2) is 6.04 Å². The Balaban J connectivity index is 1.89. The van der Waals surface area contributed by atoms with Gasteiger partial charge in [-0.3, -0.25) is 13.9 Å². The fourth-order valence-electron chi connectivity index (χ4n) is 3.22. The number of hydrogen-bond donors (Lipinski definition) is 2. The summed E-state index contributed by atoms with van der Waals surface area (Å²) in [5.41, 5.74) is 1.48. The van der Waals surface area contributed by atoms with Gasteiger partial charge in [-0.2, -0.15) is 0 Å². The molecule has 1 aromatic heterocycles. The lowest BCUT2D eigenvalue weighted by molar-refractivity contribution is -0.142. The van der Waals surface area contributed by atoms with E-state index in [1.807, 2.05) is 6.92 Å². The Morgan fingerprint density at radius 1 is 1.14 bits per heavy atom. The van der Waals surface area contributed by atoms with Gasteiger partial charge in [0.2, 0.25) is 5.91 Å². The zero-order valence-corrected chi connectivity index (χ0v) is 15.5. The van der Waals surface area contributed by atoms with Crippen LogP contribution in [0.4, 0.5) is 4.39 Å². The molecule has 0 aliphatic heterocycles. The van der Waals surface area contributed by atoms with Crippen molar-refractivity contribution in [2.75, 3.05) is 0 Å². The average Bonchev–Trinajstić information content (AvgIpc) is 2.93. The number of aromatic nitrogens is 2. The molecule has 0 fully saturated rings. The van der Waals surface area contributed by atoms with Gasteiger partial charge in [0.05, 0.1) is 11.0 Å². The summed E-state index contributed by atoms with van der Waals surface area (Å²) in [6.07, 6.45) is 0. The van der Waals surface area contributed by atoms with Crippen LogP contribution in [-0.2, 0) is 22.7 Å². The van der Waals surface area contributed by atoms with Crippen LogP contribution in [0, 0.1) is 12.7 Å². The number of aryl methyl sites for hydroxylation is 2. The third-order valence-electron chi connectivity index (χ3n) is 4.61. The number of nitrogens with zero attached hydrogens (tertiary/aromatic N) is 2. The summed E-state index contributed by atoms with van der Waals surface area (Å²) in [7, 11) is 0. The molecule has 146 valence electrons. The van der Waals surface area contributed by atoms with Crippen LogP contribution in [-0.4, -0.2) is 26.1 Å². The number of carboxylic acid groups (broad SMARTS) is 1. The highest BCUT2D eigenvalue weighted by atomic mass is 19.1. The third kappa shape index (κ3) is 3.53. The molecule has 1 heterocycles. The molecule has 3 rings (SSSR count). The van der Waals surface area contributed by atoms with Crippen molar-refractivity contribution >= 4 is 22.9 Å². The van der Waals surface area contributed by atoms with Crippen LogP contribution in [0.2, 0.25) is 0 Å². The van der Waals surface area contributed by atoms with Crippen molar-refractivity contribution in [3.8, 4) is 0 Å². The Morgan fingerprint density at radius 3 is 2.36 bits per heavy atom. The van der Waals surface area contributed by atoms with Gasteiger partial charge in [0.25, 0.3) is 0 Å². The van der Waals surface area contributed by atoms with Crippen LogP contribution < -0.4 is 11.0 Å². The lowest BCUT2D eigenvalue weighted by Crippen LogP contribution is -2.38. The molecule has 8 heteroatoms. The molecule has 0 radical (unpaired) electrons. The number of halogens is 1. The second kappa shape index (κ2) is 7.67. The van der Waals surface area contributed by atoms with Crippen molar-refractivity contribution in [1.29, 1.82) is 0 Å². The van der Waals surface area contributed by atoms with Crippen LogP contribution in [0.1, 0.15) is 24.1 Å². The van der Waals surface area contributed by atoms with Crippen molar-refractivity contribution in [1.82, 2.24) is 14.5 Å². The number of hydrogen-bond acceptors (Lipinski definition) is 3. The maximum Gasteiger partial charge on any atom is 0.330 e. The molecule has 0 saturated heterocycles. The second-order valence-electron chi connectivity index (χ2n) is 6.45. The summed E-state index contributed by atoms with van der Waals surface area (Å²) in [6, 6.07) is 9.59. The average molecular weight is 385 g/mol. The first-order chi connectivity index (χ1) is 13.3. The molecule has 28 heavy (non-hydrogen) atoms. The largest absolute Gasteiger partial charge is 0.479 e. The Kier molecular flexibility index (Phi) is 5.30. The normalized spacial score (nSPS) is 12.1. The predicted octanol–water partition coefficient (Wildman–Crippen LogP) is 2.21. The summed E-state index contributed by atoms with van der Waals surface area (Å²) < 4.78 is 16.3. The van der Waals surface area contributed by atoms with E-state index >= 15 is 0 Å². The van der Waals surface area contributed by atoms with Crippen molar-refractivity contribution in [2.45, 2.75) is 33.0 Å². The van der Waals surface area contributed by atoms with Crippen molar-refractivity contribution in [2.24, 2.45) is 0 Å². The summed E-state index contributed by atoms with van der Waals surface area (Å²) in [5.74, 6) is -2.36. The van der Waals surface area contributed by atoms with Crippen LogP contribution in [0.15, 0.2) is 47.3 Å². The second-order valence-corrected chi connectivity index (χ2v) is 6.45. The first kappa shape index (κ1) is 19.3. The number of imidazole rings is 1. The van der Waals surface area contributed by atoms with Crippen molar-refractivity contribution in [3.63, 3.8) is 0 Å². The quantitative estimate of drug-likeness (QED) is 0.680. The molecular formula is C20H20FN3O4. The monoisotopic (exact) mass is 385 g/mol. The van der Waals surface area contributed by atoms with E-state index in [9.17, 15) is 23.9 Å². The Hall–Kier alpha value is -3.42. The number of rotatable bonds is 6. The molecule has 2 aromatic carbocycles. The number of para-hydroxylation sites is 2. The highest BCUT2D eigenvalue weighted by Gasteiger charge is 2.24.